The predicted octanol–water partition coefficient (Wildman–Crippen LogP) is 5.57. The van der Waals surface area contributed by atoms with Crippen LogP contribution in [0.2, 0.25) is 0 Å². The van der Waals surface area contributed by atoms with Crippen LogP contribution in [0.5, 0.6) is 0 Å². The lowest BCUT2D eigenvalue weighted by atomic mass is 9.75. The van der Waals surface area contributed by atoms with E-state index in [1.807, 2.05) is 37.3 Å². The molecule has 0 bridgehead atoms. The number of aliphatic hydroxyl groups excluding tert-OH is 1. The molecule has 0 saturated carbocycles. The first-order chi connectivity index (χ1) is 15.8. The maximum Gasteiger partial charge on any atom is 0.168 e. The second kappa shape index (κ2) is 9.46. The fraction of sp³-hybridized carbons (Fsp3) is 0.481. The molecule has 0 spiro atoms. The first-order valence-corrected chi connectivity index (χ1v) is 11.8. The molecule has 1 N–H and O–H groups in total. The molecule has 0 saturated heterocycles. The Morgan fingerprint density at radius 2 is 1.91 bits per heavy atom. The molecule has 2 aliphatic rings. The number of aryl methyl sites for hydroxylation is 1. The molecule has 2 aliphatic carbocycles. The number of nitrogens with zero attached hydrogens (tertiary/aromatic N) is 2. The number of rotatable bonds is 7. The summed E-state index contributed by atoms with van der Waals surface area (Å²) in [4.78, 5) is 30.5. The van der Waals surface area contributed by atoms with Gasteiger partial charge in [0.2, 0.25) is 0 Å². The molecule has 0 radical (unpaired) electrons. The summed E-state index contributed by atoms with van der Waals surface area (Å²) in [5, 5.41) is 15.1. The van der Waals surface area contributed by atoms with Crippen molar-refractivity contribution in [3.63, 3.8) is 0 Å². The lowest BCUT2D eigenvalue weighted by molar-refractivity contribution is -0.116. The van der Waals surface area contributed by atoms with Crippen molar-refractivity contribution in [2.24, 2.45) is 10.4 Å². The van der Waals surface area contributed by atoms with Gasteiger partial charge in [0, 0.05) is 37.9 Å². The topological polar surface area (TPSA) is 92.8 Å². The third kappa shape index (κ3) is 5.00. The number of aliphatic imine (C=N–C) groups is 1. The van der Waals surface area contributed by atoms with Gasteiger partial charge in [-0.1, -0.05) is 56.3 Å². The Bertz CT molecular complexity index is 1110. The van der Waals surface area contributed by atoms with Crippen LogP contribution in [0.15, 0.2) is 51.2 Å². The smallest absolute Gasteiger partial charge is 0.168 e. The van der Waals surface area contributed by atoms with Crippen LogP contribution in [-0.4, -0.2) is 34.1 Å². The highest BCUT2D eigenvalue weighted by molar-refractivity contribution is 6.23. The lowest BCUT2D eigenvalue weighted by Gasteiger charge is -2.26. The summed E-state index contributed by atoms with van der Waals surface area (Å²) in [5.74, 6) is 0.710. The SMILES string of the molecule is CCCN=C(CCc1noc2c1C(=O)CC(C)(C)C2)C1=C(O)CC(c2ccccc2)CC1=O. The number of fused-ring (bicyclic) bond motifs is 1. The van der Waals surface area contributed by atoms with E-state index in [2.05, 4.69) is 24.0 Å². The van der Waals surface area contributed by atoms with Gasteiger partial charge < -0.3 is 9.63 Å². The molecule has 4 rings (SSSR count). The van der Waals surface area contributed by atoms with Gasteiger partial charge in [0.15, 0.2) is 11.6 Å². The molecule has 1 aromatic carbocycles. The van der Waals surface area contributed by atoms with Crippen LogP contribution in [0.25, 0.3) is 0 Å². The number of allylic oxidation sites excluding steroid dienone is 2. The number of carbonyl (C=O) groups is 2. The van der Waals surface area contributed by atoms with Crippen molar-refractivity contribution in [3.05, 3.63) is 64.2 Å². The summed E-state index contributed by atoms with van der Waals surface area (Å²) in [6.45, 7) is 6.71. The Kier molecular flexibility index (Phi) is 6.63. The molecule has 1 atom stereocenters. The highest BCUT2D eigenvalue weighted by Gasteiger charge is 2.37. The van der Waals surface area contributed by atoms with Gasteiger partial charge in [-0.05, 0) is 36.2 Å². The molecular formula is C27H32N2O4. The van der Waals surface area contributed by atoms with Crippen molar-refractivity contribution in [1.82, 2.24) is 5.16 Å². The van der Waals surface area contributed by atoms with Gasteiger partial charge in [-0.2, -0.15) is 0 Å². The maximum absolute atomic E-state index is 13.1. The van der Waals surface area contributed by atoms with Crippen LogP contribution in [0, 0.1) is 5.41 Å². The quantitative estimate of drug-likeness (QED) is 0.559. The van der Waals surface area contributed by atoms with Crippen LogP contribution in [-0.2, 0) is 17.6 Å². The number of hydrogen-bond donors (Lipinski definition) is 1. The highest BCUT2D eigenvalue weighted by atomic mass is 16.5. The molecule has 0 amide bonds. The summed E-state index contributed by atoms with van der Waals surface area (Å²) in [7, 11) is 0. The Hall–Kier alpha value is -3.02. The highest BCUT2D eigenvalue weighted by Crippen LogP contribution is 2.37. The minimum absolute atomic E-state index is 0.0292. The Morgan fingerprint density at radius 1 is 1.15 bits per heavy atom. The van der Waals surface area contributed by atoms with Crippen LogP contribution < -0.4 is 0 Å². The van der Waals surface area contributed by atoms with E-state index in [9.17, 15) is 14.7 Å². The number of aliphatic hydroxyl groups is 1. The van der Waals surface area contributed by atoms with Crippen LogP contribution >= 0.6 is 0 Å². The minimum Gasteiger partial charge on any atom is -0.511 e. The monoisotopic (exact) mass is 448 g/mol. The van der Waals surface area contributed by atoms with E-state index >= 15 is 0 Å². The van der Waals surface area contributed by atoms with E-state index in [4.69, 9.17) is 4.52 Å². The van der Waals surface area contributed by atoms with Gasteiger partial charge in [-0.15, -0.1) is 0 Å². The van der Waals surface area contributed by atoms with E-state index in [0.717, 1.165) is 12.0 Å². The average molecular weight is 449 g/mol. The molecule has 6 heteroatoms. The standard InChI is InChI=1S/C27H32N2O4/c1-4-12-28-19(10-11-20-26-23(32)15-27(2,3)16-24(26)33-29-20)25-21(30)13-18(14-22(25)31)17-8-6-5-7-9-17/h5-9,18,30H,4,10-16H2,1-3H3. The zero-order valence-corrected chi connectivity index (χ0v) is 19.7. The van der Waals surface area contributed by atoms with Crippen molar-refractivity contribution in [2.45, 2.75) is 71.6 Å². The summed E-state index contributed by atoms with van der Waals surface area (Å²) < 4.78 is 5.52. The summed E-state index contributed by atoms with van der Waals surface area (Å²) >= 11 is 0. The van der Waals surface area contributed by atoms with Gasteiger partial charge >= 0.3 is 0 Å². The number of hydrogen-bond acceptors (Lipinski definition) is 6. The molecule has 2 aromatic rings. The van der Waals surface area contributed by atoms with Crippen LogP contribution in [0.1, 0.15) is 86.2 Å². The molecule has 1 aromatic heterocycles. The fourth-order valence-corrected chi connectivity index (χ4v) is 4.94. The van der Waals surface area contributed by atoms with Crippen molar-refractivity contribution < 1.29 is 19.2 Å². The number of carbonyl (C=O) groups excluding carboxylic acids is 2. The van der Waals surface area contributed by atoms with Gasteiger partial charge in [0.05, 0.1) is 16.8 Å². The van der Waals surface area contributed by atoms with Crippen molar-refractivity contribution >= 4 is 17.3 Å². The zero-order valence-electron chi connectivity index (χ0n) is 19.7. The van der Waals surface area contributed by atoms with Gasteiger partial charge in [-0.3, -0.25) is 14.6 Å². The molecule has 1 heterocycles. The van der Waals surface area contributed by atoms with Crippen molar-refractivity contribution in [1.29, 1.82) is 0 Å². The fourth-order valence-electron chi connectivity index (χ4n) is 4.94. The number of benzene rings is 1. The van der Waals surface area contributed by atoms with Crippen molar-refractivity contribution in [2.75, 3.05) is 6.54 Å². The first-order valence-electron chi connectivity index (χ1n) is 11.8. The molecular weight excluding hydrogens is 416 g/mol. The predicted molar refractivity (Wildman–Crippen MR) is 127 cm³/mol. The molecule has 1 unspecified atom stereocenters. The third-order valence-electron chi connectivity index (χ3n) is 6.51. The normalized spacial score (nSPS) is 20.8. The van der Waals surface area contributed by atoms with Gasteiger partial charge in [0.1, 0.15) is 11.5 Å². The number of aromatic nitrogens is 1. The van der Waals surface area contributed by atoms with Gasteiger partial charge in [0.25, 0.3) is 0 Å². The molecule has 0 aliphatic heterocycles. The van der Waals surface area contributed by atoms with E-state index in [-0.39, 0.29) is 28.7 Å². The van der Waals surface area contributed by atoms with Crippen LogP contribution in [0.3, 0.4) is 0 Å². The molecule has 174 valence electrons. The van der Waals surface area contributed by atoms with E-state index in [1.165, 1.54) is 0 Å². The number of Topliss-reactive ketones (excluding diaryl/α,β-unsaturated/α-hetero) is 2. The Morgan fingerprint density at radius 3 is 2.61 bits per heavy atom. The summed E-state index contributed by atoms with van der Waals surface area (Å²) in [5.41, 5.74) is 3.10. The zero-order chi connectivity index (χ0) is 23.6. The minimum atomic E-state index is -0.130. The Labute approximate surface area is 194 Å². The van der Waals surface area contributed by atoms with E-state index < -0.39 is 0 Å². The summed E-state index contributed by atoms with van der Waals surface area (Å²) in [6.07, 6.45) is 3.63. The van der Waals surface area contributed by atoms with E-state index in [1.54, 1.807) is 0 Å². The maximum atomic E-state index is 13.1. The second-order valence-corrected chi connectivity index (χ2v) is 9.96. The lowest BCUT2D eigenvalue weighted by Crippen LogP contribution is -2.27. The molecule has 6 nitrogen and oxygen atoms in total. The Balaban J connectivity index is 1.56. The second-order valence-electron chi connectivity index (χ2n) is 9.96. The number of ketones is 2. The average Bonchev–Trinajstić information content (AvgIpc) is 3.17. The van der Waals surface area contributed by atoms with E-state index in [0.29, 0.717) is 73.4 Å². The summed E-state index contributed by atoms with van der Waals surface area (Å²) in [6, 6.07) is 9.83. The molecule has 33 heavy (non-hydrogen) atoms. The third-order valence-corrected chi connectivity index (χ3v) is 6.51. The van der Waals surface area contributed by atoms with Gasteiger partial charge in [-0.25, -0.2) is 0 Å². The first kappa shape index (κ1) is 23.1. The van der Waals surface area contributed by atoms with Crippen molar-refractivity contribution in [3.8, 4) is 0 Å². The van der Waals surface area contributed by atoms with Crippen LogP contribution in [0.4, 0.5) is 0 Å². The molecule has 0 fully saturated rings. The largest absolute Gasteiger partial charge is 0.511 e.